The number of ether oxygens (including phenoxy) is 1. The summed E-state index contributed by atoms with van der Waals surface area (Å²) in [5.41, 5.74) is 0.702. The second-order valence-electron chi connectivity index (χ2n) is 3.80. The molecule has 0 saturated heterocycles. The molecule has 1 aromatic heterocycles. The topological polar surface area (TPSA) is 22.1 Å². The van der Waals surface area contributed by atoms with Crippen molar-refractivity contribution in [3.05, 3.63) is 28.0 Å². The van der Waals surface area contributed by atoms with E-state index in [2.05, 4.69) is 18.8 Å². The maximum Gasteiger partial charge on any atom is 0.129 e. The predicted molar refractivity (Wildman–Crippen MR) is 63.4 cm³/mol. The molecule has 4 heteroatoms. The van der Waals surface area contributed by atoms with Crippen LogP contribution < -0.4 is 0 Å². The molecule has 0 amide bonds. The number of nitrogens with zero attached hydrogens (tertiary/aromatic N) is 1. The third-order valence-corrected chi connectivity index (χ3v) is 2.52. The first-order valence-corrected chi connectivity index (χ1v) is 5.74. The van der Waals surface area contributed by atoms with E-state index < -0.39 is 0 Å². The van der Waals surface area contributed by atoms with Gasteiger partial charge >= 0.3 is 0 Å². The van der Waals surface area contributed by atoms with Crippen LogP contribution in [0.2, 0.25) is 10.2 Å². The predicted octanol–water partition coefficient (Wildman–Crippen LogP) is 3.95. The van der Waals surface area contributed by atoms with Crippen molar-refractivity contribution < 1.29 is 4.74 Å². The summed E-state index contributed by atoms with van der Waals surface area (Å²) in [5.74, 6) is 0.646. The monoisotopic (exact) mass is 247 g/mol. The average Bonchev–Trinajstić information content (AvgIpc) is 2.17. The Balaban J connectivity index is 2.40. The summed E-state index contributed by atoms with van der Waals surface area (Å²) in [5, 5.41) is 1.05. The summed E-state index contributed by atoms with van der Waals surface area (Å²) >= 11 is 11.7. The Kier molecular flexibility index (Phi) is 5.37. The van der Waals surface area contributed by atoms with Gasteiger partial charge in [-0.3, -0.25) is 0 Å². The number of hydrogen-bond acceptors (Lipinski definition) is 2. The lowest BCUT2D eigenvalue weighted by atomic mass is 10.1. The van der Waals surface area contributed by atoms with Crippen LogP contribution >= 0.6 is 23.2 Å². The van der Waals surface area contributed by atoms with Crippen LogP contribution in [0.5, 0.6) is 0 Å². The van der Waals surface area contributed by atoms with Gasteiger partial charge in [0.1, 0.15) is 5.15 Å². The van der Waals surface area contributed by atoms with Crippen molar-refractivity contribution >= 4 is 23.2 Å². The summed E-state index contributed by atoms with van der Waals surface area (Å²) in [6, 6.07) is 3.40. The van der Waals surface area contributed by atoms with E-state index in [-0.39, 0.29) is 0 Å². The highest BCUT2D eigenvalue weighted by atomic mass is 35.5. The van der Waals surface area contributed by atoms with Crippen LogP contribution in [0.3, 0.4) is 0 Å². The molecule has 0 radical (unpaired) electrons. The molecule has 1 aromatic rings. The van der Waals surface area contributed by atoms with E-state index >= 15 is 0 Å². The minimum atomic E-state index is 0.423. The van der Waals surface area contributed by atoms with Crippen LogP contribution in [0, 0.1) is 5.92 Å². The molecule has 2 nitrogen and oxygen atoms in total. The van der Waals surface area contributed by atoms with Crippen molar-refractivity contribution in [2.45, 2.75) is 26.9 Å². The number of hydrogen-bond donors (Lipinski definition) is 0. The van der Waals surface area contributed by atoms with Gasteiger partial charge in [-0.2, -0.15) is 0 Å². The zero-order valence-electron chi connectivity index (χ0n) is 8.96. The Hall–Kier alpha value is -0.310. The van der Waals surface area contributed by atoms with E-state index in [1.807, 2.05) is 0 Å². The molecule has 0 unspecified atom stereocenters. The van der Waals surface area contributed by atoms with Crippen molar-refractivity contribution in [1.29, 1.82) is 0 Å². The van der Waals surface area contributed by atoms with Crippen LogP contribution in [0.4, 0.5) is 0 Å². The molecule has 0 spiro atoms. The second-order valence-corrected chi connectivity index (χ2v) is 4.59. The Morgan fingerprint density at radius 3 is 2.73 bits per heavy atom. The molecule has 0 aliphatic heterocycles. The molecule has 0 N–H and O–H groups in total. The summed E-state index contributed by atoms with van der Waals surface area (Å²) in [6.45, 7) is 5.47. The van der Waals surface area contributed by atoms with Gasteiger partial charge in [0.15, 0.2) is 0 Å². The van der Waals surface area contributed by atoms with Gasteiger partial charge in [-0.25, -0.2) is 4.98 Å². The lowest BCUT2D eigenvalue weighted by molar-refractivity contribution is 0.108. The molecule has 0 aromatic carbocycles. The molecule has 15 heavy (non-hydrogen) atoms. The molecule has 0 bridgehead atoms. The smallest absolute Gasteiger partial charge is 0.129 e. The molecule has 0 fully saturated rings. The van der Waals surface area contributed by atoms with E-state index in [9.17, 15) is 0 Å². The molecule has 0 saturated carbocycles. The zero-order chi connectivity index (χ0) is 11.3. The SMILES string of the molecule is CC(C)CCOCc1nc(Cl)ccc1Cl. The van der Waals surface area contributed by atoms with E-state index in [0.29, 0.717) is 28.4 Å². The summed E-state index contributed by atoms with van der Waals surface area (Å²) in [4.78, 5) is 4.10. The highest BCUT2D eigenvalue weighted by Crippen LogP contribution is 2.17. The molecule has 0 aliphatic carbocycles. The third kappa shape index (κ3) is 4.83. The van der Waals surface area contributed by atoms with Crippen LogP contribution in [0.15, 0.2) is 12.1 Å². The molecule has 0 aliphatic rings. The van der Waals surface area contributed by atoms with Crippen molar-refractivity contribution in [2.75, 3.05) is 6.61 Å². The van der Waals surface area contributed by atoms with E-state index in [1.54, 1.807) is 12.1 Å². The number of halogens is 2. The van der Waals surface area contributed by atoms with Crippen molar-refractivity contribution in [3.63, 3.8) is 0 Å². The molecule has 1 heterocycles. The number of rotatable bonds is 5. The van der Waals surface area contributed by atoms with Crippen LogP contribution in [0.25, 0.3) is 0 Å². The van der Waals surface area contributed by atoms with Gasteiger partial charge in [0.25, 0.3) is 0 Å². The minimum Gasteiger partial charge on any atom is -0.375 e. The van der Waals surface area contributed by atoms with E-state index in [4.69, 9.17) is 27.9 Å². The maximum absolute atomic E-state index is 5.94. The van der Waals surface area contributed by atoms with Gasteiger partial charge in [-0.15, -0.1) is 0 Å². The van der Waals surface area contributed by atoms with Gasteiger partial charge in [0.05, 0.1) is 17.3 Å². The number of pyridine rings is 1. The van der Waals surface area contributed by atoms with Crippen molar-refractivity contribution in [3.8, 4) is 0 Å². The lowest BCUT2D eigenvalue weighted by Crippen LogP contribution is -2.01. The Bertz CT molecular complexity index is 315. The highest BCUT2D eigenvalue weighted by Gasteiger charge is 2.03. The van der Waals surface area contributed by atoms with Crippen LogP contribution in [-0.4, -0.2) is 11.6 Å². The van der Waals surface area contributed by atoms with Crippen molar-refractivity contribution in [2.24, 2.45) is 5.92 Å². The second kappa shape index (κ2) is 6.31. The largest absolute Gasteiger partial charge is 0.375 e. The standard InChI is InChI=1S/C11H15Cl2NO/c1-8(2)5-6-15-7-10-9(12)3-4-11(13)14-10/h3-4,8H,5-7H2,1-2H3. The summed E-state index contributed by atoms with van der Waals surface area (Å²) < 4.78 is 5.46. The lowest BCUT2D eigenvalue weighted by Gasteiger charge is -2.07. The fourth-order valence-electron chi connectivity index (χ4n) is 1.05. The Morgan fingerprint density at radius 2 is 2.07 bits per heavy atom. The van der Waals surface area contributed by atoms with Crippen LogP contribution in [-0.2, 0) is 11.3 Å². The normalized spacial score (nSPS) is 11.0. The maximum atomic E-state index is 5.94. The molecule has 84 valence electrons. The van der Waals surface area contributed by atoms with E-state index in [1.165, 1.54) is 0 Å². The number of aromatic nitrogens is 1. The molecular formula is C11H15Cl2NO. The average molecular weight is 248 g/mol. The molecule has 1 rings (SSSR count). The quantitative estimate of drug-likeness (QED) is 0.581. The molecular weight excluding hydrogens is 233 g/mol. The van der Waals surface area contributed by atoms with Gasteiger partial charge in [0, 0.05) is 6.61 Å². The Morgan fingerprint density at radius 1 is 1.33 bits per heavy atom. The van der Waals surface area contributed by atoms with Gasteiger partial charge < -0.3 is 4.74 Å². The zero-order valence-corrected chi connectivity index (χ0v) is 10.5. The first-order valence-electron chi connectivity index (χ1n) is 4.98. The minimum absolute atomic E-state index is 0.423. The van der Waals surface area contributed by atoms with Gasteiger partial charge in [0.2, 0.25) is 0 Å². The summed E-state index contributed by atoms with van der Waals surface area (Å²) in [7, 11) is 0. The first-order chi connectivity index (χ1) is 7.09. The van der Waals surface area contributed by atoms with Gasteiger partial charge in [-0.05, 0) is 24.5 Å². The summed E-state index contributed by atoms with van der Waals surface area (Å²) in [6.07, 6.45) is 1.04. The third-order valence-electron chi connectivity index (χ3n) is 1.96. The van der Waals surface area contributed by atoms with Gasteiger partial charge in [-0.1, -0.05) is 37.0 Å². The first kappa shape index (κ1) is 12.8. The van der Waals surface area contributed by atoms with E-state index in [0.717, 1.165) is 13.0 Å². The van der Waals surface area contributed by atoms with Crippen LogP contribution in [0.1, 0.15) is 26.0 Å². The Labute approximate surface area is 101 Å². The fourth-order valence-corrected chi connectivity index (χ4v) is 1.37. The highest BCUT2D eigenvalue weighted by molar-refractivity contribution is 6.32. The fraction of sp³-hybridized carbons (Fsp3) is 0.545. The van der Waals surface area contributed by atoms with Crippen molar-refractivity contribution in [1.82, 2.24) is 4.98 Å². The molecule has 0 atom stereocenters.